The summed E-state index contributed by atoms with van der Waals surface area (Å²) in [5, 5.41) is 2.82. The molecular weight excluding hydrogens is 387 g/mol. The Labute approximate surface area is 163 Å². The van der Waals surface area contributed by atoms with Gasteiger partial charge in [0.2, 0.25) is 15.9 Å². The molecule has 0 saturated heterocycles. The molecule has 0 fully saturated rings. The van der Waals surface area contributed by atoms with E-state index in [1.165, 1.54) is 30.0 Å². The van der Waals surface area contributed by atoms with Gasteiger partial charge in [0.05, 0.1) is 6.04 Å². The molecule has 0 spiro atoms. The van der Waals surface area contributed by atoms with Crippen molar-refractivity contribution < 1.29 is 17.6 Å². The summed E-state index contributed by atoms with van der Waals surface area (Å²) in [6.45, 7) is 1.82. The molecule has 0 aliphatic carbocycles. The lowest BCUT2D eigenvalue weighted by Gasteiger charge is -2.21. The molecule has 2 N–H and O–H groups in total. The number of thioether (sulfide) groups is 1. The summed E-state index contributed by atoms with van der Waals surface area (Å²) in [4.78, 5) is 12.2. The van der Waals surface area contributed by atoms with Gasteiger partial charge in [0.1, 0.15) is 16.8 Å². The molecule has 0 radical (unpaired) electrons. The van der Waals surface area contributed by atoms with Crippen LogP contribution in [0.1, 0.15) is 24.9 Å². The van der Waals surface area contributed by atoms with Crippen LogP contribution >= 0.6 is 11.8 Å². The largest absolute Gasteiger partial charge is 0.348 e. The van der Waals surface area contributed by atoms with Crippen LogP contribution in [0.5, 0.6) is 0 Å². The molecule has 2 atom stereocenters. The minimum Gasteiger partial charge on any atom is -0.348 e. The summed E-state index contributed by atoms with van der Waals surface area (Å²) in [5.74, 6) is -0.718. The third-order valence-corrected chi connectivity index (χ3v) is 6.16. The normalized spacial score (nSPS) is 13.7. The van der Waals surface area contributed by atoms with Gasteiger partial charge in [0.25, 0.3) is 0 Å². The Kier molecular flexibility index (Phi) is 7.82. The van der Waals surface area contributed by atoms with E-state index in [2.05, 4.69) is 10.0 Å². The second-order valence-electron chi connectivity index (χ2n) is 6.03. The fourth-order valence-corrected chi connectivity index (χ4v) is 4.31. The molecule has 1 amide bonds. The van der Waals surface area contributed by atoms with E-state index in [0.717, 1.165) is 11.6 Å². The number of hydrogen-bond donors (Lipinski definition) is 2. The smallest absolute Gasteiger partial charge is 0.244 e. The summed E-state index contributed by atoms with van der Waals surface area (Å²) in [5.41, 5.74) is 0.909. The first-order valence-corrected chi connectivity index (χ1v) is 11.3. The van der Waals surface area contributed by atoms with Crippen LogP contribution in [0.4, 0.5) is 4.39 Å². The van der Waals surface area contributed by atoms with Gasteiger partial charge in [-0.25, -0.2) is 12.8 Å². The lowest BCUT2D eigenvalue weighted by atomic mass is 10.1. The zero-order valence-corrected chi connectivity index (χ0v) is 16.8. The van der Waals surface area contributed by atoms with Gasteiger partial charge < -0.3 is 5.32 Å². The number of carbonyl (C=O) groups is 1. The SMILES string of the molecule is CSCC[C@H](NS(=O)(=O)c1ccccc1F)C(=O)N[C@H](C)c1ccccc1. The molecule has 2 rings (SSSR count). The van der Waals surface area contributed by atoms with Crippen molar-refractivity contribution in [3.63, 3.8) is 0 Å². The summed E-state index contributed by atoms with van der Waals surface area (Å²) in [7, 11) is -4.16. The number of benzene rings is 2. The van der Waals surface area contributed by atoms with Crippen LogP contribution in [0.25, 0.3) is 0 Å². The highest BCUT2D eigenvalue weighted by molar-refractivity contribution is 7.98. The number of carbonyl (C=O) groups excluding carboxylic acids is 1. The van der Waals surface area contributed by atoms with Gasteiger partial charge in [-0.15, -0.1) is 0 Å². The number of hydrogen-bond acceptors (Lipinski definition) is 4. The van der Waals surface area contributed by atoms with Crippen LogP contribution in [0.3, 0.4) is 0 Å². The molecule has 0 unspecified atom stereocenters. The zero-order chi connectivity index (χ0) is 19.9. The monoisotopic (exact) mass is 410 g/mol. The van der Waals surface area contributed by atoms with Gasteiger partial charge in [-0.05, 0) is 43.0 Å². The number of amides is 1. The maximum Gasteiger partial charge on any atom is 0.244 e. The van der Waals surface area contributed by atoms with Crippen LogP contribution < -0.4 is 10.0 Å². The van der Waals surface area contributed by atoms with Crippen LogP contribution in [-0.4, -0.2) is 32.4 Å². The fraction of sp³-hybridized carbons (Fsp3) is 0.316. The quantitative estimate of drug-likeness (QED) is 0.666. The average molecular weight is 411 g/mol. The summed E-state index contributed by atoms with van der Waals surface area (Å²) in [6.07, 6.45) is 2.16. The molecule has 27 heavy (non-hydrogen) atoms. The maximum absolute atomic E-state index is 13.9. The molecule has 0 heterocycles. The van der Waals surface area contributed by atoms with Crippen molar-refractivity contribution in [2.24, 2.45) is 0 Å². The maximum atomic E-state index is 13.9. The first-order valence-electron chi connectivity index (χ1n) is 8.46. The van der Waals surface area contributed by atoms with Crippen molar-refractivity contribution in [2.45, 2.75) is 30.3 Å². The molecule has 0 bridgehead atoms. The fourth-order valence-electron chi connectivity index (χ4n) is 2.53. The molecule has 8 heteroatoms. The molecular formula is C19H23FN2O3S2. The van der Waals surface area contributed by atoms with Gasteiger partial charge in [-0.2, -0.15) is 16.5 Å². The topological polar surface area (TPSA) is 75.3 Å². The first-order chi connectivity index (χ1) is 12.8. The molecule has 0 aliphatic heterocycles. The number of rotatable bonds is 9. The molecule has 146 valence electrons. The standard InChI is InChI=1S/C19H23FN2O3S2/c1-14(15-8-4-3-5-9-15)21-19(23)17(12-13-26-2)22-27(24,25)18-11-7-6-10-16(18)20/h3-11,14,17,22H,12-13H2,1-2H3,(H,21,23)/t14-,17+/m1/s1. The Morgan fingerprint density at radius 2 is 1.74 bits per heavy atom. The first kappa shape index (κ1) is 21.4. The van der Waals surface area contributed by atoms with E-state index in [-0.39, 0.29) is 6.04 Å². The van der Waals surface area contributed by atoms with Crippen molar-refractivity contribution in [1.29, 1.82) is 0 Å². The number of halogens is 1. The van der Waals surface area contributed by atoms with Gasteiger partial charge in [0.15, 0.2) is 0 Å². The predicted molar refractivity (Wildman–Crippen MR) is 107 cm³/mol. The van der Waals surface area contributed by atoms with E-state index in [9.17, 15) is 17.6 Å². The van der Waals surface area contributed by atoms with Gasteiger partial charge in [0, 0.05) is 0 Å². The Morgan fingerprint density at radius 3 is 2.37 bits per heavy atom. The minimum atomic E-state index is -4.16. The van der Waals surface area contributed by atoms with Crippen LogP contribution in [0.15, 0.2) is 59.5 Å². The molecule has 5 nitrogen and oxygen atoms in total. The molecule has 2 aromatic carbocycles. The van der Waals surface area contributed by atoms with E-state index in [1.807, 2.05) is 43.5 Å². The van der Waals surface area contributed by atoms with Crippen molar-refractivity contribution in [3.05, 3.63) is 66.0 Å². The Morgan fingerprint density at radius 1 is 1.11 bits per heavy atom. The summed E-state index contributed by atoms with van der Waals surface area (Å²) >= 11 is 1.50. The van der Waals surface area contributed by atoms with Crippen LogP contribution in [0.2, 0.25) is 0 Å². The van der Waals surface area contributed by atoms with E-state index in [1.54, 1.807) is 0 Å². The molecule has 0 saturated carbocycles. The Hall–Kier alpha value is -1.90. The van der Waals surface area contributed by atoms with E-state index in [4.69, 9.17) is 0 Å². The van der Waals surface area contributed by atoms with Crippen molar-refractivity contribution in [1.82, 2.24) is 10.0 Å². The van der Waals surface area contributed by atoms with Crippen molar-refractivity contribution in [2.75, 3.05) is 12.0 Å². The average Bonchev–Trinajstić information content (AvgIpc) is 2.65. The Balaban J connectivity index is 2.16. The number of nitrogens with one attached hydrogen (secondary N) is 2. The minimum absolute atomic E-state index is 0.284. The summed E-state index contributed by atoms with van der Waals surface area (Å²) in [6, 6.07) is 13.2. The molecule has 0 aromatic heterocycles. The predicted octanol–water partition coefficient (Wildman–Crippen LogP) is 3.10. The highest BCUT2D eigenvalue weighted by Crippen LogP contribution is 2.16. The highest BCUT2D eigenvalue weighted by Gasteiger charge is 2.28. The third kappa shape index (κ3) is 6.05. The molecule has 2 aromatic rings. The van der Waals surface area contributed by atoms with Gasteiger partial charge >= 0.3 is 0 Å². The lowest BCUT2D eigenvalue weighted by Crippen LogP contribution is -2.47. The Bertz CT molecular complexity index is 860. The second kappa shape index (κ2) is 9.87. The second-order valence-corrected chi connectivity index (χ2v) is 8.69. The van der Waals surface area contributed by atoms with Crippen molar-refractivity contribution >= 4 is 27.7 Å². The van der Waals surface area contributed by atoms with Crippen molar-refractivity contribution in [3.8, 4) is 0 Å². The third-order valence-electron chi connectivity index (χ3n) is 4.01. The lowest BCUT2D eigenvalue weighted by molar-refractivity contribution is -0.123. The van der Waals surface area contributed by atoms with E-state index in [0.29, 0.717) is 12.2 Å². The molecule has 0 aliphatic rings. The van der Waals surface area contributed by atoms with Crippen LogP contribution in [-0.2, 0) is 14.8 Å². The highest BCUT2D eigenvalue weighted by atomic mass is 32.2. The van der Waals surface area contributed by atoms with E-state index >= 15 is 0 Å². The zero-order valence-electron chi connectivity index (χ0n) is 15.2. The summed E-state index contributed by atoms with van der Waals surface area (Å²) < 4.78 is 41.3. The van der Waals surface area contributed by atoms with E-state index < -0.39 is 32.7 Å². The van der Waals surface area contributed by atoms with Gasteiger partial charge in [-0.1, -0.05) is 42.5 Å². The number of sulfonamides is 1. The van der Waals surface area contributed by atoms with Gasteiger partial charge in [-0.3, -0.25) is 4.79 Å². The van der Waals surface area contributed by atoms with Crippen LogP contribution in [0, 0.1) is 5.82 Å².